The van der Waals surface area contributed by atoms with E-state index in [9.17, 15) is 4.79 Å². The molecule has 0 unspecified atom stereocenters. The molecule has 0 spiro atoms. The van der Waals surface area contributed by atoms with Gasteiger partial charge in [-0.05, 0) is 25.0 Å². The Morgan fingerprint density at radius 2 is 1.52 bits per heavy atom. The third-order valence-corrected chi connectivity index (χ3v) is 4.39. The van der Waals surface area contributed by atoms with E-state index < -0.39 is 0 Å². The van der Waals surface area contributed by atoms with Crippen molar-refractivity contribution in [1.29, 1.82) is 0 Å². The van der Waals surface area contributed by atoms with Gasteiger partial charge in [0.15, 0.2) is 11.5 Å². The zero-order valence-corrected chi connectivity index (χ0v) is 14.3. The van der Waals surface area contributed by atoms with Crippen molar-refractivity contribution < 1.29 is 19.0 Å². The smallest absolute Gasteiger partial charge is 0.255 e. The highest BCUT2D eigenvalue weighted by Crippen LogP contribution is 2.39. The zero-order chi connectivity index (χ0) is 16.7. The molecule has 1 aliphatic rings. The zero-order valence-electron chi connectivity index (χ0n) is 14.3. The molecule has 1 aromatic rings. The van der Waals surface area contributed by atoms with Gasteiger partial charge in [-0.15, -0.1) is 0 Å². The maximum atomic E-state index is 12.7. The Morgan fingerprint density at radius 3 is 2.09 bits per heavy atom. The van der Waals surface area contributed by atoms with Crippen LogP contribution >= 0.6 is 0 Å². The van der Waals surface area contributed by atoms with Gasteiger partial charge in [-0.2, -0.15) is 0 Å². The lowest BCUT2D eigenvalue weighted by Gasteiger charge is -2.22. The van der Waals surface area contributed by atoms with Gasteiger partial charge >= 0.3 is 0 Å². The molecule has 1 amide bonds. The largest absolute Gasteiger partial charge is 0.493 e. The van der Waals surface area contributed by atoms with Crippen LogP contribution in [0.1, 0.15) is 55.3 Å². The molecule has 1 N–H and O–H groups in total. The monoisotopic (exact) mass is 321 g/mol. The van der Waals surface area contributed by atoms with Crippen molar-refractivity contribution in [2.45, 2.75) is 51.0 Å². The van der Waals surface area contributed by atoms with Crippen molar-refractivity contribution in [2.75, 3.05) is 21.3 Å². The van der Waals surface area contributed by atoms with Crippen molar-refractivity contribution in [3.63, 3.8) is 0 Å². The van der Waals surface area contributed by atoms with Gasteiger partial charge in [0.2, 0.25) is 5.75 Å². The summed E-state index contributed by atoms with van der Waals surface area (Å²) in [7, 11) is 4.63. The third-order valence-electron chi connectivity index (χ3n) is 4.39. The van der Waals surface area contributed by atoms with Gasteiger partial charge in [0, 0.05) is 6.04 Å². The van der Waals surface area contributed by atoms with Crippen LogP contribution in [-0.4, -0.2) is 33.3 Å². The number of nitrogens with one attached hydrogen (secondary N) is 1. The summed E-state index contributed by atoms with van der Waals surface area (Å²) in [5.41, 5.74) is 0.479. The lowest BCUT2D eigenvalue weighted by atomic mass is 9.96. The van der Waals surface area contributed by atoms with Crippen molar-refractivity contribution >= 4 is 5.91 Å². The van der Waals surface area contributed by atoms with E-state index in [0.29, 0.717) is 22.8 Å². The second-order valence-electron chi connectivity index (χ2n) is 5.90. The molecule has 0 aliphatic heterocycles. The van der Waals surface area contributed by atoms with Crippen molar-refractivity contribution in [3.05, 3.63) is 17.7 Å². The summed E-state index contributed by atoms with van der Waals surface area (Å²) in [5, 5.41) is 3.15. The second-order valence-corrected chi connectivity index (χ2v) is 5.90. The molecule has 1 saturated carbocycles. The number of amides is 1. The number of hydrogen-bond acceptors (Lipinski definition) is 4. The molecule has 2 rings (SSSR count). The number of carbonyl (C=O) groups is 1. The first-order chi connectivity index (χ1) is 11.2. The van der Waals surface area contributed by atoms with E-state index in [1.165, 1.54) is 46.3 Å². The fourth-order valence-electron chi connectivity index (χ4n) is 3.14. The molecule has 128 valence electrons. The van der Waals surface area contributed by atoms with E-state index in [1.807, 2.05) is 0 Å². The molecule has 5 heteroatoms. The Labute approximate surface area is 138 Å². The average Bonchev–Trinajstić information content (AvgIpc) is 2.55. The minimum Gasteiger partial charge on any atom is -0.493 e. The van der Waals surface area contributed by atoms with Crippen LogP contribution < -0.4 is 19.5 Å². The predicted octanol–water partition coefficient (Wildman–Crippen LogP) is 3.56. The molecule has 0 radical (unpaired) electrons. The lowest BCUT2D eigenvalue weighted by molar-refractivity contribution is 0.0926. The van der Waals surface area contributed by atoms with Gasteiger partial charge in [0.05, 0.1) is 26.9 Å². The van der Waals surface area contributed by atoms with Crippen LogP contribution in [0.4, 0.5) is 0 Å². The van der Waals surface area contributed by atoms with Crippen LogP contribution in [0.25, 0.3) is 0 Å². The van der Waals surface area contributed by atoms with Gasteiger partial charge < -0.3 is 19.5 Å². The van der Waals surface area contributed by atoms with Crippen molar-refractivity contribution in [3.8, 4) is 17.2 Å². The first kappa shape index (κ1) is 17.4. The summed E-state index contributed by atoms with van der Waals surface area (Å²) >= 11 is 0. The summed E-state index contributed by atoms with van der Waals surface area (Å²) in [6.07, 6.45) is 8.26. The van der Waals surface area contributed by atoms with E-state index in [-0.39, 0.29) is 11.9 Å². The highest BCUT2D eigenvalue weighted by molar-refractivity contribution is 5.98. The molecule has 5 nitrogen and oxygen atoms in total. The topological polar surface area (TPSA) is 56.8 Å². The van der Waals surface area contributed by atoms with Crippen molar-refractivity contribution in [1.82, 2.24) is 5.32 Å². The Bertz CT molecular complexity index is 522. The normalized spacial score (nSPS) is 16.1. The van der Waals surface area contributed by atoms with Crippen LogP contribution in [-0.2, 0) is 0 Å². The highest BCUT2D eigenvalue weighted by Gasteiger charge is 2.22. The number of carbonyl (C=O) groups excluding carboxylic acids is 1. The summed E-state index contributed by atoms with van der Waals surface area (Å²) < 4.78 is 16.0. The fourth-order valence-corrected chi connectivity index (χ4v) is 3.14. The maximum Gasteiger partial charge on any atom is 0.255 e. The Kier molecular flexibility index (Phi) is 6.56. The van der Waals surface area contributed by atoms with Crippen LogP contribution in [0.2, 0.25) is 0 Å². The molecule has 23 heavy (non-hydrogen) atoms. The van der Waals surface area contributed by atoms with Crippen LogP contribution in [0.3, 0.4) is 0 Å². The molecule has 1 aliphatic carbocycles. The minimum atomic E-state index is -0.117. The number of ether oxygens (including phenoxy) is 3. The molecule has 0 aromatic heterocycles. The second kappa shape index (κ2) is 8.65. The van der Waals surface area contributed by atoms with Crippen LogP contribution in [0.15, 0.2) is 12.1 Å². The molecular weight excluding hydrogens is 294 g/mol. The van der Waals surface area contributed by atoms with Gasteiger partial charge in [-0.25, -0.2) is 0 Å². The molecular formula is C18H27NO4. The van der Waals surface area contributed by atoms with Gasteiger partial charge in [-0.3, -0.25) is 4.79 Å². The Morgan fingerprint density at radius 1 is 0.913 bits per heavy atom. The number of hydrogen-bond donors (Lipinski definition) is 1. The maximum absolute atomic E-state index is 12.7. The summed E-state index contributed by atoms with van der Waals surface area (Å²) in [6, 6.07) is 3.69. The van der Waals surface area contributed by atoms with Crippen LogP contribution in [0, 0.1) is 0 Å². The molecule has 0 atom stereocenters. The molecule has 0 heterocycles. The summed E-state index contributed by atoms with van der Waals surface area (Å²) in [5.74, 6) is 1.29. The Balaban J connectivity index is 2.17. The van der Waals surface area contributed by atoms with Crippen molar-refractivity contribution in [2.24, 2.45) is 0 Å². The number of rotatable bonds is 5. The van der Waals surface area contributed by atoms with Gasteiger partial charge in [-0.1, -0.05) is 32.1 Å². The predicted molar refractivity (Wildman–Crippen MR) is 89.7 cm³/mol. The first-order valence-corrected chi connectivity index (χ1v) is 8.31. The summed E-state index contributed by atoms with van der Waals surface area (Å²) in [6.45, 7) is 0. The van der Waals surface area contributed by atoms with Gasteiger partial charge in [0.1, 0.15) is 0 Å². The number of methoxy groups -OCH3 is 3. The molecule has 1 aromatic carbocycles. The third kappa shape index (κ3) is 4.30. The van der Waals surface area contributed by atoms with E-state index in [2.05, 4.69) is 5.32 Å². The summed E-state index contributed by atoms with van der Waals surface area (Å²) in [4.78, 5) is 12.7. The quantitative estimate of drug-likeness (QED) is 0.901. The number of benzene rings is 1. The fraction of sp³-hybridized carbons (Fsp3) is 0.611. The highest BCUT2D eigenvalue weighted by atomic mass is 16.5. The average molecular weight is 321 g/mol. The van der Waals surface area contributed by atoms with E-state index in [4.69, 9.17) is 14.2 Å². The minimum absolute atomic E-state index is 0.117. The van der Waals surface area contributed by atoms with E-state index in [1.54, 1.807) is 19.2 Å². The molecule has 1 fully saturated rings. The SMILES string of the molecule is COc1ccc(C(=O)NC2CCCCCCC2)c(OC)c1OC. The standard InChI is InChI=1S/C18H27NO4/c1-21-15-12-11-14(16(22-2)17(15)23-3)18(20)19-13-9-7-5-4-6-8-10-13/h11-13H,4-10H2,1-3H3,(H,19,20). The van der Waals surface area contributed by atoms with E-state index >= 15 is 0 Å². The molecule has 0 saturated heterocycles. The first-order valence-electron chi connectivity index (χ1n) is 8.31. The van der Waals surface area contributed by atoms with Crippen LogP contribution in [0.5, 0.6) is 17.2 Å². The van der Waals surface area contributed by atoms with E-state index in [0.717, 1.165) is 12.8 Å². The lowest BCUT2D eigenvalue weighted by Crippen LogP contribution is -2.35. The molecule has 0 bridgehead atoms. The van der Waals surface area contributed by atoms with Gasteiger partial charge in [0.25, 0.3) is 5.91 Å². The Hall–Kier alpha value is -1.91.